The van der Waals surface area contributed by atoms with Gasteiger partial charge in [0.1, 0.15) is 5.69 Å². The minimum absolute atomic E-state index is 0.0340. The van der Waals surface area contributed by atoms with Crippen molar-refractivity contribution in [1.82, 2.24) is 14.7 Å². The molecule has 80 valence electrons. The molecule has 1 aliphatic rings. The molecule has 0 aliphatic carbocycles. The van der Waals surface area contributed by atoms with Gasteiger partial charge in [0.2, 0.25) is 6.41 Å². The van der Waals surface area contributed by atoms with Gasteiger partial charge in [-0.2, -0.15) is 5.10 Å². The molecular formula is C10H13N3O2. The fraction of sp³-hybridized carbons (Fsp3) is 0.500. The number of nitrogens with zero attached hydrogens (tertiary/aromatic N) is 3. The van der Waals surface area contributed by atoms with Crippen LogP contribution in [0.2, 0.25) is 0 Å². The lowest BCUT2D eigenvalue weighted by Gasteiger charge is -2.11. The second-order valence-corrected chi connectivity index (χ2v) is 3.73. The van der Waals surface area contributed by atoms with E-state index in [4.69, 9.17) is 0 Å². The van der Waals surface area contributed by atoms with E-state index in [1.54, 1.807) is 11.0 Å². The number of aryl methyl sites for hydroxylation is 1. The highest BCUT2D eigenvalue weighted by Gasteiger charge is 2.16. The van der Waals surface area contributed by atoms with E-state index < -0.39 is 0 Å². The van der Waals surface area contributed by atoms with Gasteiger partial charge >= 0.3 is 0 Å². The van der Waals surface area contributed by atoms with Crippen molar-refractivity contribution in [2.75, 3.05) is 6.54 Å². The maximum Gasteiger partial charge on any atom is 0.210 e. The number of ketones is 1. The zero-order valence-electron chi connectivity index (χ0n) is 8.64. The molecule has 0 saturated carbocycles. The summed E-state index contributed by atoms with van der Waals surface area (Å²) >= 11 is 0. The van der Waals surface area contributed by atoms with Gasteiger partial charge in [0.15, 0.2) is 5.78 Å². The van der Waals surface area contributed by atoms with Crippen LogP contribution in [0.5, 0.6) is 0 Å². The van der Waals surface area contributed by atoms with Gasteiger partial charge in [-0.25, -0.2) is 0 Å². The monoisotopic (exact) mass is 207 g/mol. The van der Waals surface area contributed by atoms with Crippen LogP contribution in [0, 0.1) is 0 Å². The second kappa shape index (κ2) is 3.84. The average molecular weight is 207 g/mol. The third-order valence-corrected chi connectivity index (χ3v) is 2.55. The summed E-state index contributed by atoms with van der Waals surface area (Å²) in [5.74, 6) is -0.0340. The van der Waals surface area contributed by atoms with E-state index in [-0.39, 0.29) is 5.78 Å². The first-order valence-corrected chi connectivity index (χ1v) is 4.97. The van der Waals surface area contributed by atoms with Crippen molar-refractivity contribution in [2.45, 2.75) is 26.4 Å². The minimum Gasteiger partial charge on any atom is -0.339 e. The third-order valence-electron chi connectivity index (χ3n) is 2.55. The molecule has 0 unspecified atom stereocenters. The molecule has 0 atom stereocenters. The highest BCUT2D eigenvalue weighted by Crippen LogP contribution is 2.12. The molecule has 0 radical (unpaired) electrons. The number of rotatable bonds is 2. The number of Topliss-reactive ketones (excluding diaryl/α,β-unsaturated/α-hetero) is 1. The zero-order chi connectivity index (χ0) is 10.8. The number of aromatic nitrogens is 2. The van der Waals surface area contributed by atoms with Gasteiger partial charge in [0.05, 0.1) is 12.2 Å². The van der Waals surface area contributed by atoms with E-state index in [0.717, 1.165) is 31.6 Å². The van der Waals surface area contributed by atoms with E-state index in [0.29, 0.717) is 12.2 Å². The molecule has 0 aromatic carbocycles. The first kappa shape index (κ1) is 9.89. The van der Waals surface area contributed by atoms with Crippen molar-refractivity contribution < 1.29 is 9.59 Å². The first-order chi connectivity index (χ1) is 7.20. The van der Waals surface area contributed by atoms with Crippen molar-refractivity contribution >= 4 is 12.2 Å². The van der Waals surface area contributed by atoms with Gasteiger partial charge in [-0.1, -0.05) is 0 Å². The fourth-order valence-electron chi connectivity index (χ4n) is 1.75. The van der Waals surface area contributed by atoms with E-state index in [1.807, 2.05) is 4.68 Å². The maximum absolute atomic E-state index is 11.1. The maximum atomic E-state index is 11.1. The van der Waals surface area contributed by atoms with Crippen LogP contribution in [0.4, 0.5) is 0 Å². The van der Waals surface area contributed by atoms with Gasteiger partial charge in [0, 0.05) is 20.0 Å². The molecule has 0 spiro atoms. The fourth-order valence-corrected chi connectivity index (χ4v) is 1.75. The SMILES string of the molecule is CC(=O)c1cc2n(n1)CCCN(C=O)C2. The highest BCUT2D eigenvalue weighted by molar-refractivity contribution is 5.92. The van der Waals surface area contributed by atoms with Crippen molar-refractivity contribution in [3.8, 4) is 0 Å². The van der Waals surface area contributed by atoms with Crippen LogP contribution in [-0.4, -0.2) is 33.4 Å². The lowest BCUT2D eigenvalue weighted by atomic mass is 10.3. The van der Waals surface area contributed by atoms with Crippen LogP contribution in [0.25, 0.3) is 0 Å². The Bertz CT molecular complexity index is 397. The Morgan fingerprint density at radius 2 is 2.33 bits per heavy atom. The quantitative estimate of drug-likeness (QED) is 0.522. The van der Waals surface area contributed by atoms with E-state index in [1.165, 1.54) is 6.92 Å². The largest absolute Gasteiger partial charge is 0.339 e. The van der Waals surface area contributed by atoms with E-state index in [9.17, 15) is 9.59 Å². The summed E-state index contributed by atoms with van der Waals surface area (Å²) in [6.45, 7) is 3.57. The van der Waals surface area contributed by atoms with Crippen molar-refractivity contribution in [2.24, 2.45) is 0 Å². The average Bonchev–Trinajstić information content (AvgIpc) is 2.51. The van der Waals surface area contributed by atoms with Crippen LogP contribution in [0.3, 0.4) is 0 Å². The second-order valence-electron chi connectivity index (χ2n) is 3.73. The third kappa shape index (κ3) is 1.91. The van der Waals surface area contributed by atoms with Gasteiger partial charge in [-0.05, 0) is 12.5 Å². The lowest BCUT2D eigenvalue weighted by Crippen LogP contribution is -2.20. The van der Waals surface area contributed by atoms with Crippen molar-refractivity contribution in [3.05, 3.63) is 17.5 Å². The molecule has 5 heteroatoms. The molecule has 2 rings (SSSR count). The van der Waals surface area contributed by atoms with Gasteiger partial charge in [-0.15, -0.1) is 0 Å². The Labute approximate surface area is 87.7 Å². The number of carbonyl (C=O) groups is 2. The number of carbonyl (C=O) groups excluding carboxylic acids is 2. The molecule has 0 saturated heterocycles. The Balaban J connectivity index is 2.30. The molecular weight excluding hydrogens is 194 g/mol. The summed E-state index contributed by atoms with van der Waals surface area (Å²) in [6.07, 6.45) is 1.72. The Kier molecular flexibility index (Phi) is 2.53. The summed E-state index contributed by atoms with van der Waals surface area (Å²) in [4.78, 5) is 23.5. The number of amides is 1. The molecule has 1 aliphatic heterocycles. The molecule has 0 fully saturated rings. The van der Waals surface area contributed by atoms with E-state index >= 15 is 0 Å². The summed E-state index contributed by atoms with van der Waals surface area (Å²) < 4.78 is 1.82. The Morgan fingerprint density at radius 1 is 1.53 bits per heavy atom. The number of fused-ring (bicyclic) bond motifs is 1. The predicted molar refractivity (Wildman–Crippen MR) is 53.3 cm³/mol. The van der Waals surface area contributed by atoms with Crippen LogP contribution in [-0.2, 0) is 17.9 Å². The predicted octanol–water partition coefficient (Wildman–Crippen LogP) is 0.448. The van der Waals surface area contributed by atoms with Crippen LogP contribution < -0.4 is 0 Å². The number of hydrogen-bond acceptors (Lipinski definition) is 3. The Morgan fingerprint density at radius 3 is 3.00 bits per heavy atom. The highest BCUT2D eigenvalue weighted by atomic mass is 16.1. The smallest absolute Gasteiger partial charge is 0.210 e. The molecule has 1 amide bonds. The minimum atomic E-state index is -0.0340. The summed E-state index contributed by atoms with van der Waals surface area (Å²) in [7, 11) is 0. The van der Waals surface area contributed by atoms with Crippen LogP contribution >= 0.6 is 0 Å². The summed E-state index contributed by atoms with van der Waals surface area (Å²) in [5.41, 5.74) is 1.42. The topological polar surface area (TPSA) is 55.2 Å². The van der Waals surface area contributed by atoms with Gasteiger partial charge in [-0.3, -0.25) is 14.3 Å². The zero-order valence-corrected chi connectivity index (χ0v) is 8.64. The van der Waals surface area contributed by atoms with E-state index in [2.05, 4.69) is 5.10 Å². The molecule has 1 aromatic rings. The molecule has 2 heterocycles. The summed E-state index contributed by atoms with van der Waals surface area (Å²) in [5, 5.41) is 4.20. The lowest BCUT2D eigenvalue weighted by molar-refractivity contribution is -0.118. The normalized spacial score (nSPS) is 15.7. The van der Waals surface area contributed by atoms with Crippen LogP contribution in [0.1, 0.15) is 29.5 Å². The van der Waals surface area contributed by atoms with Gasteiger partial charge < -0.3 is 4.90 Å². The van der Waals surface area contributed by atoms with Crippen LogP contribution in [0.15, 0.2) is 6.07 Å². The molecule has 0 bridgehead atoms. The first-order valence-electron chi connectivity index (χ1n) is 4.97. The molecule has 0 N–H and O–H groups in total. The van der Waals surface area contributed by atoms with Gasteiger partial charge in [0.25, 0.3) is 0 Å². The van der Waals surface area contributed by atoms with Crippen molar-refractivity contribution in [1.29, 1.82) is 0 Å². The Hall–Kier alpha value is -1.65. The van der Waals surface area contributed by atoms with Crippen molar-refractivity contribution in [3.63, 3.8) is 0 Å². The molecule has 1 aromatic heterocycles. The molecule has 5 nitrogen and oxygen atoms in total. The standard InChI is InChI=1S/C10H13N3O2/c1-8(15)10-5-9-6-12(7-14)3-2-4-13(9)11-10/h5,7H,2-4,6H2,1H3. The summed E-state index contributed by atoms with van der Waals surface area (Å²) in [6, 6.07) is 1.77. The molecule has 15 heavy (non-hydrogen) atoms. The number of hydrogen-bond donors (Lipinski definition) is 0.